The third kappa shape index (κ3) is 3.83. The van der Waals surface area contributed by atoms with E-state index in [1.165, 1.54) is 6.21 Å². The lowest BCUT2D eigenvalue weighted by molar-refractivity contribution is 0.312. The van der Waals surface area contributed by atoms with Crippen molar-refractivity contribution in [1.29, 1.82) is 5.41 Å². The van der Waals surface area contributed by atoms with Crippen molar-refractivity contribution in [3.05, 3.63) is 46.7 Å². The predicted molar refractivity (Wildman–Crippen MR) is 98.4 cm³/mol. The Kier molecular flexibility index (Phi) is 5.27. The number of benzene rings is 1. The van der Waals surface area contributed by atoms with Crippen molar-refractivity contribution >= 4 is 29.5 Å². The minimum absolute atomic E-state index is 0.598. The van der Waals surface area contributed by atoms with Gasteiger partial charge >= 0.3 is 0 Å². The van der Waals surface area contributed by atoms with Crippen LogP contribution in [0.2, 0.25) is 5.02 Å². The molecule has 24 heavy (non-hydrogen) atoms. The maximum atomic E-state index is 7.80. The number of aromatic nitrogens is 2. The lowest BCUT2D eigenvalue weighted by Gasteiger charge is -2.34. The van der Waals surface area contributed by atoms with Gasteiger partial charge in [0.05, 0.1) is 5.56 Å². The van der Waals surface area contributed by atoms with Gasteiger partial charge in [0.1, 0.15) is 18.0 Å². The van der Waals surface area contributed by atoms with Gasteiger partial charge in [0, 0.05) is 44.0 Å². The Bertz CT molecular complexity index is 712. The van der Waals surface area contributed by atoms with Gasteiger partial charge < -0.3 is 20.5 Å². The lowest BCUT2D eigenvalue weighted by atomic mass is 10.2. The lowest BCUT2D eigenvalue weighted by Crippen LogP contribution is -2.45. The van der Waals surface area contributed by atoms with Gasteiger partial charge in [-0.15, -0.1) is 0 Å². The van der Waals surface area contributed by atoms with Gasteiger partial charge in [-0.25, -0.2) is 9.97 Å². The number of rotatable bonds is 5. The van der Waals surface area contributed by atoms with Crippen molar-refractivity contribution in [2.24, 2.45) is 0 Å². The van der Waals surface area contributed by atoms with E-state index in [9.17, 15) is 0 Å². The highest BCUT2D eigenvalue weighted by Crippen LogP contribution is 2.23. The number of piperazine rings is 1. The van der Waals surface area contributed by atoms with Crippen molar-refractivity contribution in [3.8, 4) is 0 Å². The van der Waals surface area contributed by atoms with Crippen LogP contribution in [0, 0.1) is 5.41 Å². The van der Waals surface area contributed by atoms with Crippen molar-refractivity contribution in [1.82, 2.24) is 14.9 Å². The number of nitrogens with one attached hydrogen (secondary N) is 2. The number of likely N-dealkylation sites (N-methyl/N-ethyl adjacent to an activating group) is 1. The Morgan fingerprint density at radius 3 is 2.75 bits per heavy atom. The molecule has 1 aromatic heterocycles. The summed E-state index contributed by atoms with van der Waals surface area (Å²) in [6.07, 6.45) is 2.88. The van der Waals surface area contributed by atoms with Crippen molar-refractivity contribution < 1.29 is 0 Å². The molecule has 0 atom stereocenters. The monoisotopic (exact) mass is 344 g/mol. The third-order valence-electron chi connectivity index (χ3n) is 4.16. The summed E-state index contributed by atoms with van der Waals surface area (Å²) in [5, 5.41) is 11.8. The van der Waals surface area contributed by atoms with Gasteiger partial charge in [-0.1, -0.05) is 23.7 Å². The molecule has 1 saturated heterocycles. The molecule has 0 saturated carbocycles. The van der Waals surface area contributed by atoms with Gasteiger partial charge in [0.15, 0.2) is 0 Å². The molecule has 1 fully saturated rings. The van der Waals surface area contributed by atoms with Crippen LogP contribution in [0.25, 0.3) is 0 Å². The maximum Gasteiger partial charge on any atom is 0.143 e. The average molecular weight is 345 g/mol. The summed E-state index contributed by atoms with van der Waals surface area (Å²) in [7, 11) is 2.12. The Hall–Kier alpha value is -2.18. The zero-order valence-corrected chi connectivity index (χ0v) is 14.4. The van der Waals surface area contributed by atoms with E-state index in [1.54, 1.807) is 6.33 Å². The standard InChI is InChI=1S/C17H21ClN6/c1-23-5-7-24(8-6-23)17-15(10-19)16(21-12-22-17)20-11-13-3-2-4-14(18)9-13/h2-4,9-10,12,19H,5-8,11H2,1H3,(H,20,21,22). The molecule has 1 aliphatic rings. The van der Waals surface area contributed by atoms with E-state index in [1.807, 2.05) is 24.3 Å². The van der Waals surface area contributed by atoms with Crippen molar-refractivity contribution in [2.75, 3.05) is 43.4 Å². The molecule has 1 aromatic carbocycles. The maximum absolute atomic E-state index is 7.80. The second-order valence-electron chi connectivity index (χ2n) is 5.88. The minimum atomic E-state index is 0.598. The first kappa shape index (κ1) is 16.7. The van der Waals surface area contributed by atoms with Crippen LogP contribution in [0.3, 0.4) is 0 Å². The van der Waals surface area contributed by atoms with Gasteiger partial charge in [0.25, 0.3) is 0 Å². The van der Waals surface area contributed by atoms with Gasteiger partial charge in [0.2, 0.25) is 0 Å². The highest BCUT2D eigenvalue weighted by atomic mass is 35.5. The molecule has 0 aliphatic carbocycles. The number of nitrogens with zero attached hydrogens (tertiary/aromatic N) is 4. The average Bonchev–Trinajstić information content (AvgIpc) is 2.60. The number of anilines is 2. The summed E-state index contributed by atoms with van der Waals surface area (Å²) in [6.45, 7) is 4.39. The van der Waals surface area contributed by atoms with Crippen LogP contribution in [-0.4, -0.2) is 54.3 Å². The molecular weight excluding hydrogens is 324 g/mol. The van der Waals surface area contributed by atoms with Crippen LogP contribution in [0.4, 0.5) is 11.6 Å². The predicted octanol–water partition coefficient (Wildman–Crippen LogP) is 2.49. The van der Waals surface area contributed by atoms with E-state index in [4.69, 9.17) is 17.0 Å². The molecular formula is C17H21ClN6. The normalized spacial score (nSPS) is 15.3. The Balaban J connectivity index is 1.78. The van der Waals surface area contributed by atoms with Crippen molar-refractivity contribution in [3.63, 3.8) is 0 Å². The Morgan fingerprint density at radius 1 is 1.25 bits per heavy atom. The molecule has 0 spiro atoms. The van der Waals surface area contributed by atoms with Crippen LogP contribution in [0.15, 0.2) is 30.6 Å². The third-order valence-corrected chi connectivity index (χ3v) is 4.39. The zero-order chi connectivity index (χ0) is 16.9. The summed E-state index contributed by atoms with van der Waals surface area (Å²) >= 11 is 6.02. The van der Waals surface area contributed by atoms with E-state index in [0.717, 1.165) is 43.1 Å². The molecule has 7 heteroatoms. The number of hydrogen-bond donors (Lipinski definition) is 2. The van der Waals surface area contributed by atoms with Gasteiger partial charge in [-0.3, -0.25) is 0 Å². The first-order valence-electron chi connectivity index (χ1n) is 7.94. The largest absolute Gasteiger partial charge is 0.365 e. The molecule has 0 amide bonds. The molecule has 6 nitrogen and oxygen atoms in total. The number of halogens is 1. The van der Waals surface area contributed by atoms with E-state index < -0.39 is 0 Å². The highest BCUT2D eigenvalue weighted by molar-refractivity contribution is 6.30. The molecule has 2 heterocycles. The van der Waals surface area contributed by atoms with Crippen LogP contribution in [0.5, 0.6) is 0 Å². The Labute approximate surface area is 147 Å². The molecule has 0 unspecified atom stereocenters. The fourth-order valence-corrected chi connectivity index (χ4v) is 2.98. The fraction of sp³-hybridized carbons (Fsp3) is 0.353. The summed E-state index contributed by atoms with van der Waals surface area (Å²) < 4.78 is 0. The summed E-state index contributed by atoms with van der Waals surface area (Å²) in [5.41, 5.74) is 1.79. The number of hydrogen-bond acceptors (Lipinski definition) is 6. The first-order chi connectivity index (χ1) is 11.7. The summed E-state index contributed by atoms with van der Waals surface area (Å²) in [4.78, 5) is 13.2. The molecule has 126 valence electrons. The van der Waals surface area contributed by atoms with Crippen LogP contribution in [-0.2, 0) is 6.54 Å². The van der Waals surface area contributed by atoms with E-state index in [0.29, 0.717) is 17.4 Å². The summed E-state index contributed by atoms with van der Waals surface area (Å²) in [6, 6.07) is 7.70. The highest BCUT2D eigenvalue weighted by Gasteiger charge is 2.19. The van der Waals surface area contributed by atoms with E-state index in [-0.39, 0.29) is 0 Å². The molecule has 0 bridgehead atoms. The molecule has 0 radical (unpaired) electrons. The zero-order valence-electron chi connectivity index (χ0n) is 13.7. The van der Waals surface area contributed by atoms with Gasteiger partial charge in [-0.2, -0.15) is 0 Å². The van der Waals surface area contributed by atoms with E-state index in [2.05, 4.69) is 32.1 Å². The SMILES string of the molecule is CN1CCN(c2ncnc(NCc3cccc(Cl)c3)c2C=N)CC1. The topological polar surface area (TPSA) is 68.1 Å². The minimum Gasteiger partial charge on any atom is -0.365 e. The molecule has 2 N–H and O–H groups in total. The Morgan fingerprint density at radius 2 is 2.04 bits per heavy atom. The smallest absolute Gasteiger partial charge is 0.143 e. The molecule has 1 aliphatic heterocycles. The quantitative estimate of drug-likeness (QED) is 0.816. The fourth-order valence-electron chi connectivity index (χ4n) is 2.76. The molecule has 2 aromatic rings. The van der Waals surface area contributed by atoms with Gasteiger partial charge in [-0.05, 0) is 24.7 Å². The second-order valence-corrected chi connectivity index (χ2v) is 6.31. The van der Waals surface area contributed by atoms with Crippen LogP contribution >= 0.6 is 11.6 Å². The summed E-state index contributed by atoms with van der Waals surface area (Å²) in [5.74, 6) is 1.50. The van der Waals surface area contributed by atoms with Crippen LogP contribution < -0.4 is 10.2 Å². The first-order valence-corrected chi connectivity index (χ1v) is 8.32. The van der Waals surface area contributed by atoms with Crippen LogP contribution in [0.1, 0.15) is 11.1 Å². The van der Waals surface area contributed by atoms with E-state index >= 15 is 0 Å². The second kappa shape index (κ2) is 7.59. The van der Waals surface area contributed by atoms with Crippen molar-refractivity contribution in [2.45, 2.75) is 6.54 Å². The molecule has 3 rings (SSSR count).